The third-order valence-electron chi connectivity index (χ3n) is 3.49. The van der Waals surface area contributed by atoms with Crippen molar-refractivity contribution < 1.29 is 9.53 Å². The van der Waals surface area contributed by atoms with Gasteiger partial charge in [0.05, 0.1) is 10.5 Å². The average Bonchev–Trinajstić information content (AvgIpc) is 2.55. The summed E-state index contributed by atoms with van der Waals surface area (Å²) in [4.78, 5) is 12.4. The topological polar surface area (TPSA) is 38.3 Å². The van der Waals surface area contributed by atoms with Crippen LogP contribution in [0.1, 0.15) is 31.9 Å². The smallest absolute Gasteiger partial charge is 0.261 e. The predicted molar refractivity (Wildman–Crippen MR) is 96.9 cm³/mol. The van der Waals surface area contributed by atoms with Crippen LogP contribution in [0.4, 0.5) is 0 Å². The molecular weight excluding hydrogens is 378 g/mol. The van der Waals surface area contributed by atoms with Gasteiger partial charge in [0.15, 0.2) is 6.10 Å². The maximum absolute atomic E-state index is 12.4. The van der Waals surface area contributed by atoms with E-state index in [1.54, 1.807) is 25.1 Å². The summed E-state index contributed by atoms with van der Waals surface area (Å²) in [6.45, 7) is 3.77. The summed E-state index contributed by atoms with van der Waals surface area (Å²) in [6.07, 6.45) is 0.206. The molecule has 0 spiro atoms. The van der Waals surface area contributed by atoms with Crippen LogP contribution < -0.4 is 10.1 Å². The number of amides is 1. The number of nitrogens with one attached hydrogen (secondary N) is 1. The van der Waals surface area contributed by atoms with E-state index >= 15 is 0 Å². The molecule has 0 fully saturated rings. The Kier molecular flexibility index (Phi) is 6.48. The van der Waals surface area contributed by atoms with Gasteiger partial charge in [-0.3, -0.25) is 4.79 Å². The molecule has 2 aromatic carbocycles. The van der Waals surface area contributed by atoms with E-state index in [0.29, 0.717) is 10.8 Å². The van der Waals surface area contributed by atoms with E-state index < -0.39 is 6.10 Å². The van der Waals surface area contributed by atoms with Crippen LogP contribution in [-0.4, -0.2) is 12.0 Å². The summed E-state index contributed by atoms with van der Waals surface area (Å²) >= 11 is 9.29. The molecule has 0 saturated carbocycles. The van der Waals surface area contributed by atoms with E-state index in [0.717, 1.165) is 16.5 Å². The van der Waals surface area contributed by atoms with Crippen molar-refractivity contribution in [3.63, 3.8) is 0 Å². The van der Waals surface area contributed by atoms with Crippen LogP contribution in [0.5, 0.6) is 5.75 Å². The largest absolute Gasteiger partial charge is 0.480 e. The second-order valence-corrected chi connectivity index (χ2v) is 6.51. The van der Waals surface area contributed by atoms with E-state index in [1.807, 2.05) is 37.3 Å². The zero-order valence-corrected chi connectivity index (χ0v) is 15.4. The van der Waals surface area contributed by atoms with Gasteiger partial charge in [-0.2, -0.15) is 0 Å². The van der Waals surface area contributed by atoms with E-state index in [2.05, 4.69) is 21.2 Å². The molecule has 2 rings (SSSR count). The quantitative estimate of drug-likeness (QED) is 0.734. The molecule has 3 nitrogen and oxygen atoms in total. The van der Waals surface area contributed by atoms with Gasteiger partial charge in [0.2, 0.25) is 0 Å². The molecule has 5 heteroatoms. The molecule has 1 N–H and O–H groups in total. The molecule has 2 atom stereocenters. The molecule has 2 aromatic rings. The van der Waals surface area contributed by atoms with Crippen LogP contribution >= 0.6 is 27.5 Å². The van der Waals surface area contributed by atoms with Crippen molar-refractivity contribution in [2.75, 3.05) is 0 Å². The third-order valence-corrected chi connectivity index (χ3v) is 4.35. The van der Waals surface area contributed by atoms with E-state index in [4.69, 9.17) is 16.3 Å². The Morgan fingerprint density at radius 2 is 1.96 bits per heavy atom. The lowest BCUT2D eigenvalue weighted by Gasteiger charge is -2.21. The summed E-state index contributed by atoms with van der Waals surface area (Å²) in [5.74, 6) is 0.437. The maximum Gasteiger partial charge on any atom is 0.261 e. The summed E-state index contributed by atoms with van der Waals surface area (Å²) in [6, 6.07) is 15.1. The van der Waals surface area contributed by atoms with E-state index in [9.17, 15) is 4.79 Å². The van der Waals surface area contributed by atoms with Crippen LogP contribution in [0.2, 0.25) is 5.02 Å². The number of hydrogen-bond donors (Lipinski definition) is 1. The van der Waals surface area contributed by atoms with Crippen LogP contribution in [-0.2, 0) is 4.79 Å². The fourth-order valence-electron chi connectivity index (χ4n) is 2.21. The molecule has 23 heavy (non-hydrogen) atoms. The van der Waals surface area contributed by atoms with E-state index in [1.165, 1.54) is 0 Å². The molecule has 0 heterocycles. The summed E-state index contributed by atoms with van der Waals surface area (Å²) in [7, 11) is 0. The molecule has 0 aliphatic heterocycles. The van der Waals surface area contributed by atoms with Gasteiger partial charge in [-0.1, -0.05) is 48.9 Å². The molecule has 0 aliphatic rings. The molecule has 0 bridgehead atoms. The van der Waals surface area contributed by atoms with Crippen molar-refractivity contribution in [1.82, 2.24) is 5.32 Å². The zero-order valence-electron chi connectivity index (χ0n) is 13.1. The highest BCUT2D eigenvalue weighted by molar-refractivity contribution is 9.10. The molecule has 122 valence electrons. The van der Waals surface area contributed by atoms with Crippen molar-refractivity contribution in [3.8, 4) is 5.75 Å². The average molecular weight is 397 g/mol. The number of ether oxygens (including phenoxy) is 1. The van der Waals surface area contributed by atoms with E-state index in [-0.39, 0.29) is 11.9 Å². The fourth-order valence-corrected chi connectivity index (χ4v) is 2.99. The van der Waals surface area contributed by atoms with Crippen LogP contribution in [0.15, 0.2) is 53.0 Å². The Bertz CT molecular complexity index is 663. The van der Waals surface area contributed by atoms with Gasteiger partial charge < -0.3 is 10.1 Å². The van der Waals surface area contributed by atoms with Gasteiger partial charge in [0.25, 0.3) is 5.91 Å². The minimum absolute atomic E-state index is 0.0246. The van der Waals surface area contributed by atoms with Gasteiger partial charge in [-0.05, 0) is 53.0 Å². The summed E-state index contributed by atoms with van der Waals surface area (Å²) in [5, 5.41) is 3.64. The van der Waals surface area contributed by atoms with Gasteiger partial charge in [-0.15, -0.1) is 0 Å². The predicted octanol–water partition coefficient (Wildman–Crippen LogP) is 5.14. The SMILES string of the molecule is CCC(NC(=O)C(C)Oc1ccc(Cl)cc1Br)c1ccccc1. The van der Waals surface area contributed by atoms with Crippen molar-refractivity contribution in [3.05, 3.63) is 63.6 Å². The van der Waals surface area contributed by atoms with Crippen LogP contribution in [0.3, 0.4) is 0 Å². The van der Waals surface area contributed by atoms with Gasteiger partial charge in [0, 0.05) is 5.02 Å². The Morgan fingerprint density at radius 3 is 2.57 bits per heavy atom. The lowest BCUT2D eigenvalue weighted by Crippen LogP contribution is -2.38. The lowest BCUT2D eigenvalue weighted by atomic mass is 10.0. The Hall–Kier alpha value is -1.52. The van der Waals surface area contributed by atoms with Gasteiger partial charge in [0.1, 0.15) is 5.75 Å². The van der Waals surface area contributed by atoms with Crippen molar-refractivity contribution in [2.24, 2.45) is 0 Å². The van der Waals surface area contributed by atoms with Crippen LogP contribution in [0, 0.1) is 0 Å². The summed E-state index contributed by atoms with van der Waals surface area (Å²) in [5.41, 5.74) is 1.09. The molecule has 0 aromatic heterocycles. The molecule has 0 radical (unpaired) electrons. The molecule has 0 aliphatic carbocycles. The number of hydrogen-bond acceptors (Lipinski definition) is 2. The van der Waals surface area contributed by atoms with Crippen molar-refractivity contribution in [1.29, 1.82) is 0 Å². The minimum atomic E-state index is -0.606. The monoisotopic (exact) mass is 395 g/mol. The van der Waals surface area contributed by atoms with Crippen molar-refractivity contribution in [2.45, 2.75) is 32.4 Å². The number of carbonyl (C=O) groups is 1. The number of rotatable bonds is 6. The highest BCUT2D eigenvalue weighted by Gasteiger charge is 2.20. The minimum Gasteiger partial charge on any atom is -0.480 e. The molecule has 1 amide bonds. The molecule has 2 unspecified atom stereocenters. The highest BCUT2D eigenvalue weighted by Crippen LogP contribution is 2.29. The van der Waals surface area contributed by atoms with Gasteiger partial charge in [-0.25, -0.2) is 0 Å². The first-order valence-corrected chi connectivity index (χ1v) is 8.65. The standard InChI is InChI=1S/C18H19BrClNO2/c1-3-16(13-7-5-4-6-8-13)21-18(22)12(2)23-17-10-9-14(20)11-15(17)19/h4-12,16H,3H2,1-2H3,(H,21,22). The Labute approximate surface area is 150 Å². The molecule has 0 saturated heterocycles. The normalized spacial score (nSPS) is 13.2. The number of benzene rings is 2. The first-order chi connectivity index (χ1) is 11.0. The number of halogens is 2. The molecular formula is C18H19BrClNO2. The first-order valence-electron chi connectivity index (χ1n) is 7.48. The fraction of sp³-hybridized carbons (Fsp3) is 0.278. The lowest BCUT2D eigenvalue weighted by molar-refractivity contribution is -0.128. The van der Waals surface area contributed by atoms with Crippen molar-refractivity contribution >= 4 is 33.4 Å². The maximum atomic E-state index is 12.4. The second kappa shape index (κ2) is 8.37. The Morgan fingerprint density at radius 1 is 1.26 bits per heavy atom. The number of carbonyl (C=O) groups excluding carboxylic acids is 1. The van der Waals surface area contributed by atoms with Gasteiger partial charge >= 0.3 is 0 Å². The van der Waals surface area contributed by atoms with Crippen LogP contribution in [0.25, 0.3) is 0 Å². The Balaban J connectivity index is 2.01. The first kappa shape index (κ1) is 17.8. The third kappa shape index (κ3) is 4.98. The second-order valence-electron chi connectivity index (χ2n) is 5.21. The summed E-state index contributed by atoms with van der Waals surface area (Å²) < 4.78 is 6.45. The zero-order chi connectivity index (χ0) is 16.8. The highest BCUT2D eigenvalue weighted by atomic mass is 79.9.